The topological polar surface area (TPSA) is 52.6 Å². The Balaban J connectivity index is 1.96. The van der Waals surface area contributed by atoms with Gasteiger partial charge in [-0.1, -0.05) is 44.2 Å². The van der Waals surface area contributed by atoms with Crippen LogP contribution in [0, 0.1) is 5.41 Å². The second-order valence-electron chi connectivity index (χ2n) is 7.78. The van der Waals surface area contributed by atoms with E-state index in [1.165, 1.54) is 12.8 Å². The van der Waals surface area contributed by atoms with Crippen molar-refractivity contribution in [3.05, 3.63) is 35.9 Å². The van der Waals surface area contributed by atoms with E-state index in [0.29, 0.717) is 17.9 Å². The fourth-order valence-electron chi connectivity index (χ4n) is 3.49. The number of nitrogens with one attached hydrogen (secondary N) is 1. The minimum atomic E-state index is -0.0478. The van der Waals surface area contributed by atoms with Crippen molar-refractivity contribution < 1.29 is 9.90 Å². The predicted molar refractivity (Wildman–Crippen MR) is 97.8 cm³/mol. The summed E-state index contributed by atoms with van der Waals surface area (Å²) in [7, 11) is 1.91. The molecule has 4 heteroatoms. The molecule has 4 nitrogen and oxygen atoms in total. The fourth-order valence-corrected chi connectivity index (χ4v) is 3.49. The van der Waals surface area contributed by atoms with E-state index in [1.807, 2.05) is 42.3 Å². The molecule has 1 atom stereocenters. The summed E-state index contributed by atoms with van der Waals surface area (Å²) in [6.07, 6.45) is 5.91. The summed E-state index contributed by atoms with van der Waals surface area (Å²) < 4.78 is 0. The standard InChI is InChI=1S/C20H32N2O2/c1-20(2)13-11-17(12-14-20)22(3)19(24)21-18(10-7-15-23)16-8-5-4-6-9-16/h4-6,8-9,17-18,23H,7,10-15H2,1-3H3,(H,21,24). The Morgan fingerprint density at radius 1 is 1.29 bits per heavy atom. The van der Waals surface area contributed by atoms with Gasteiger partial charge in [0.05, 0.1) is 6.04 Å². The molecule has 0 bridgehead atoms. The highest BCUT2D eigenvalue weighted by Gasteiger charge is 2.31. The number of carbonyl (C=O) groups excluding carboxylic acids is 1. The maximum absolute atomic E-state index is 12.7. The number of amides is 2. The van der Waals surface area contributed by atoms with Crippen molar-refractivity contribution >= 4 is 6.03 Å². The molecular formula is C20H32N2O2. The molecule has 0 saturated heterocycles. The number of aliphatic hydroxyl groups is 1. The van der Waals surface area contributed by atoms with E-state index < -0.39 is 0 Å². The molecule has 1 unspecified atom stereocenters. The lowest BCUT2D eigenvalue weighted by Crippen LogP contribution is -2.46. The van der Waals surface area contributed by atoms with Crippen LogP contribution in [0.2, 0.25) is 0 Å². The van der Waals surface area contributed by atoms with E-state index >= 15 is 0 Å². The van der Waals surface area contributed by atoms with E-state index in [-0.39, 0.29) is 18.7 Å². The maximum Gasteiger partial charge on any atom is 0.317 e. The molecule has 2 amide bonds. The van der Waals surface area contributed by atoms with Gasteiger partial charge < -0.3 is 15.3 Å². The van der Waals surface area contributed by atoms with Gasteiger partial charge in [-0.3, -0.25) is 0 Å². The molecular weight excluding hydrogens is 300 g/mol. The van der Waals surface area contributed by atoms with Crippen LogP contribution >= 0.6 is 0 Å². The van der Waals surface area contributed by atoms with Crippen LogP contribution in [-0.2, 0) is 0 Å². The van der Waals surface area contributed by atoms with Gasteiger partial charge in [0.2, 0.25) is 0 Å². The number of hydrogen-bond donors (Lipinski definition) is 2. The number of urea groups is 1. The van der Waals surface area contributed by atoms with Gasteiger partial charge in [0, 0.05) is 19.7 Å². The zero-order chi connectivity index (χ0) is 17.6. The fraction of sp³-hybridized carbons (Fsp3) is 0.650. The third kappa shape index (κ3) is 5.23. The average molecular weight is 332 g/mol. The zero-order valence-corrected chi connectivity index (χ0v) is 15.3. The van der Waals surface area contributed by atoms with Crippen LogP contribution in [0.3, 0.4) is 0 Å². The highest BCUT2D eigenvalue weighted by atomic mass is 16.3. The normalized spacial score (nSPS) is 18.8. The molecule has 1 aromatic rings. The minimum Gasteiger partial charge on any atom is -0.396 e. The van der Waals surface area contributed by atoms with Gasteiger partial charge in [0.15, 0.2) is 0 Å². The van der Waals surface area contributed by atoms with Gasteiger partial charge in [-0.15, -0.1) is 0 Å². The molecule has 2 rings (SSSR count). The second kappa shape index (κ2) is 8.52. The van der Waals surface area contributed by atoms with E-state index in [0.717, 1.165) is 24.8 Å². The third-order valence-corrected chi connectivity index (χ3v) is 5.33. The monoisotopic (exact) mass is 332 g/mol. The number of hydrogen-bond acceptors (Lipinski definition) is 2. The molecule has 1 saturated carbocycles. The first kappa shape index (κ1) is 18.8. The summed E-state index contributed by atoms with van der Waals surface area (Å²) in [5.41, 5.74) is 1.50. The number of rotatable bonds is 6. The molecule has 0 spiro atoms. The Morgan fingerprint density at radius 2 is 1.92 bits per heavy atom. The van der Waals surface area contributed by atoms with Gasteiger partial charge in [-0.25, -0.2) is 4.79 Å². The SMILES string of the molecule is CN(C(=O)NC(CCCO)c1ccccc1)C1CCC(C)(C)CC1. The Hall–Kier alpha value is -1.55. The van der Waals surface area contributed by atoms with E-state index in [9.17, 15) is 4.79 Å². The smallest absolute Gasteiger partial charge is 0.317 e. The predicted octanol–water partition coefficient (Wildman–Crippen LogP) is 4.11. The van der Waals surface area contributed by atoms with Crippen LogP contribution in [0.1, 0.15) is 64.0 Å². The van der Waals surface area contributed by atoms with Gasteiger partial charge in [0.25, 0.3) is 0 Å². The minimum absolute atomic E-state index is 0.00787. The summed E-state index contributed by atoms with van der Waals surface area (Å²) in [5, 5.41) is 12.3. The molecule has 2 N–H and O–H groups in total. The Labute approximate surface area is 146 Å². The lowest BCUT2D eigenvalue weighted by molar-refractivity contribution is 0.132. The molecule has 1 aliphatic rings. The van der Waals surface area contributed by atoms with Crippen molar-refractivity contribution in [2.45, 2.75) is 64.5 Å². The van der Waals surface area contributed by atoms with Gasteiger partial charge in [-0.2, -0.15) is 0 Å². The molecule has 1 aromatic carbocycles. The molecule has 1 aliphatic carbocycles. The number of nitrogens with zero attached hydrogens (tertiary/aromatic N) is 1. The highest BCUT2D eigenvalue weighted by Crippen LogP contribution is 2.36. The Kier molecular flexibility index (Phi) is 6.67. The zero-order valence-electron chi connectivity index (χ0n) is 15.3. The lowest BCUT2D eigenvalue weighted by Gasteiger charge is -2.39. The van der Waals surface area contributed by atoms with Gasteiger partial charge >= 0.3 is 6.03 Å². The molecule has 134 valence electrons. The molecule has 0 radical (unpaired) electrons. The van der Waals surface area contributed by atoms with Crippen LogP contribution in [0.15, 0.2) is 30.3 Å². The van der Waals surface area contributed by atoms with Crippen molar-refractivity contribution in [3.63, 3.8) is 0 Å². The van der Waals surface area contributed by atoms with Crippen LogP contribution in [-0.4, -0.2) is 35.7 Å². The van der Waals surface area contributed by atoms with Crippen molar-refractivity contribution in [3.8, 4) is 0 Å². The second-order valence-corrected chi connectivity index (χ2v) is 7.78. The van der Waals surface area contributed by atoms with Gasteiger partial charge in [0.1, 0.15) is 0 Å². The van der Waals surface area contributed by atoms with Gasteiger partial charge in [-0.05, 0) is 49.5 Å². The summed E-state index contributed by atoms with van der Waals surface area (Å²) in [6.45, 7) is 4.76. The van der Waals surface area contributed by atoms with Crippen molar-refractivity contribution in [1.29, 1.82) is 0 Å². The summed E-state index contributed by atoms with van der Waals surface area (Å²) in [6, 6.07) is 10.3. The van der Waals surface area contributed by atoms with Crippen LogP contribution in [0.5, 0.6) is 0 Å². The van der Waals surface area contributed by atoms with Crippen LogP contribution in [0.4, 0.5) is 4.79 Å². The van der Waals surface area contributed by atoms with E-state index in [4.69, 9.17) is 5.11 Å². The number of aliphatic hydroxyl groups excluding tert-OH is 1. The Morgan fingerprint density at radius 3 is 2.50 bits per heavy atom. The largest absolute Gasteiger partial charge is 0.396 e. The summed E-state index contributed by atoms with van der Waals surface area (Å²) in [5.74, 6) is 0. The van der Waals surface area contributed by atoms with Crippen LogP contribution in [0.25, 0.3) is 0 Å². The van der Waals surface area contributed by atoms with E-state index in [2.05, 4.69) is 19.2 Å². The highest BCUT2D eigenvalue weighted by molar-refractivity contribution is 5.74. The first-order valence-corrected chi connectivity index (χ1v) is 9.12. The third-order valence-electron chi connectivity index (χ3n) is 5.33. The average Bonchev–Trinajstić information content (AvgIpc) is 2.58. The van der Waals surface area contributed by atoms with E-state index in [1.54, 1.807) is 0 Å². The molecule has 1 fully saturated rings. The quantitative estimate of drug-likeness (QED) is 0.823. The number of benzene rings is 1. The number of carbonyl (C=O) groups is 1. The molecule has 24 heavy (non-hydrogen) atoms. The lowest BCUT2D eigenvalue weighted by atomic mass is 9.75. The van der Waals surface area contributed by atoms with Crippen molar-refractivity contribution in [2.24, 2.45) is 5.41 Å². The first-order chi connectivity index (χ1) is 11.4. The molecule has 0 aromatic heterocycles. The molecule has 0 aliphatic heterocycles. The van der Waals surface area contributed by atoms with Crippen molar-refractivity contribution in [1.82, 2.24) is 10.2 Å². The summed E-state index contributed by atoms with van der Waals surface area (Å²) >= 11 is 0. The van der Waals surface area contributed by atoms with Crippen molar-refractivity contribution in [2.75, 3.05) is 13.7 Å². The first-order valence-electron chi connectivity index (χ1n) is 9.12. The summed E-state index contributed by atoms with van der Waals surface area (Å²) in [4.78, 5) is 14.6. The maximum atomic E-state index is 12.7. The van der Waals surface area contributed by atoms with Crippen LogP contribution < -0.4 is 5.32 Å². The Bertz CT molecular complexity index is 506. The molecule has 0 heterocycles.